The zero-order chi connectivity index (χ0) is 16.2. The summed E-state index contributed by atoms with van der Waals surface area (Å²) in [6.45, 7) is 5.34. The molecule has 0 spiro atoms. The van der Waals surface area contributed by atoms with Crippen molar-refractivity contribution in [1.82, 2.24) is 14.7 Å². The van der Waals surface area contributed by atoms with E-state index in [2.05, 4.69) is 22.2 Å². The highest BCUT2D eigenvalue weighted by atomic mass is 32.1. The van der Waals surface area contributed by atoms with Gasteiger partial charge in [0.05, 0.1) is 19.5 Å². The molecule has 124 valence electrons. The number of nitrogens with one attached hydrogen (secondary N) is 1. The Morgan fingerprint density at radius 1 is 1.35 bits per heavy atom. The second-order valence-corrected chi connectivity index (χ2v) is 7.56. The van der Waals surface area contributed by atoms with Crippen LogP contribution in [0.25, 0.3) is 0 Å². The lowest BCUT2D eigenvalue weighted by atomic mass is 10.00. The van der Waals surface area contributed by atoms with Crippen LogP contribution < -0.4 is 10.1 Å². The molecule has 1 fully saturated rings. The maximum absolute atomic E-state index is 5.46. The lowest BCUT2D eigenvalue weighted by molar-refractivity contribution is 0.146. The number of rotatable bonds is 5. The van der Waals surface area contributed by atoms with Crippen LogP contribution in [-0.4, -0.2) is 34.9 Å². The molecule has 23 heavy (non-hydrogen) atoms. The number of para-hydroxylation sites is 2. The number of aromatic nitrogens is 2. The van der Waals surface area contributed by atoms with Crippen molar-refractivity contribution in [3.63, 3.8) is 0 Å². The molecule has 0 saturated carbocycles. The highest BCUT2D eigenvalue weighted by molar-refractivity contribution is 7.73. The summed E-state index contributed by atoms with van der Waals surface area (Å²) in [5.74, 6) is 1.63. The molecular weight excluding hydrogens is 328 g/mol. The molecule has 0 radical (unpaired) electrons. The van der Waals surface area contributed by atoms with Crippen molar-refractivity contribution in [2.45, 2.75) is 26.4 Å². The number of ether oxygens (including phenoxy) is 1. The fourth-order valence-electron chi connectivity index (χ4n) is 2.70. The van der Waals surface area contributed by atoms with Gasteiger partial charge < -0.3 is 10.1 Å². The van der Waals surface area contributed by atoms with E-state index in [0.29, 0.717) is 0 Å². The van der Waals surface area contributed by atoms with Crippen molar-refractivity contribution >= 4 is 34.4 Å². The summed E-state index contributed by atoms with van der Waals surface area (Å²) in [7, 11) is 1.67. The molecule has 1 saturated heterocycles. The molecule has 5 nitrogen and oxygen atoms in total. The van der Waals surface area contributed by atoms with Crippen LogP contribution in [0.4, 0.5) is 10.8 Å². The first kappa shape index (κ1) is 16.4. The standard InChI is InChI=1S/C16H22N4OS2/c1-12-7-9-19(10-8-12)11-20-16(22)23-15(18-20)17-13-5-3-4-6-14(13)21-2/h3-6,12H,7-11H2,1-2H3,(H,17,18). The summed E-state index contributed by atoms with van der Waals surface area (Å²) in [5, 5.41) is 8.72. The van der Waals surface area contributed by atoms with Crippen molar-refractivity contribution in [2.24, 2.45) is 5.92 Å². The first-order valence-corrected chi connectivity index (χ1v) is 9.08. The summed E-state index contributed by atoms with van der Waals surface area (Å²) < 4.78 is 8.06. The monoisotopic (exact) mass is 350 g/mol. The molecule has 0 amide bonds. The molecule has 0 atom stereocenters. The van der Waals surface area contributed by atoms with Crippen molar-refractivity contribution in [3.8, 4) is 5.75 Å². The molecule has 2 heterocycles. The Kier molecular flexibility index (Phi) is 5.30. The Bertz CT molecular complexity index is 704. The molecule has 1 aliphatic heterocycles. The van der Waals surface area contributed by atoms with Gasteiger partial charge >= 0.3 is 0 Å². The van der Waals surface area contributed by atoms with E-state index in [0.717, 1.165) is 46.2 Å². The zero-order valence-corrected chi connectivity index (χ0v) is 15.1. The van der Waals surface area contributed by atoms with Gasteiger partial charge in [-0.2, -0.15) is 0 Å². The van der Waals surface area contributed by atoms with Crippen LogP contribution in [0.3, 0.4) is 0 Å². The van der Waals surface area contributed by atoms with Crippen LogP contribution in [0.15, 0.2) is 24.3 Å². The van der Waals surface area contributed by atoms with E-state index < -0.39 is 0 Å². The van der Waals surface area contributed by atoms with Gasteiger partial charge in [0.15, 0.2) is 3.95 Å². The average molecular weight is 351 g/mol. The Morgan fingerprint density at radius 3 is 2.83 bits per heavy atom. The van der Waals surface area contributed by atoms with Gasteiger partial charge in [-0.15, -0.1) is 5.10 Å². The van der Waals surface area contributed by atoms with Gasteiger partial charge in [0.25, 0.3) is 0 Å². The van der Waals surface area contributed by atoms with E-state index >= 15 is 0 Å². The minimum Gasteiger partial charge on any atom is -0.495 e. The van der Waals surface area contributed by atoms with E-state index in [-0.39, 0.29) is 0 Å². The summed E-state index contributed by atoms with van der Waals surface area (Å²) >= 11 is 6.95. The van der Waals surface area contributed by atoms with E-state index in [4.69, 9.17) is 17.0 Å². The van der Waals surface area contributed by atoms with E-state index in [9.17, 15) is 0 Å². The second-order valence-electron chi connectivity index (χ2n) is 5.94. The van der Waals surface area contributed by atoms with Crippen LogP contribution in [0, 0.1) is 9.87 Å². The third-order valence-corrected chi connectivity index (χ3v) is 5.39. The lowest BCUT2D eigenvalue weighted by Gasteiger charge is -2.29. The molecule has 0 aliphatic carbocycles. The molecule has 1 aromatic carbocycles. The van der Waals surface area contributed by atoms with E-state index in [1.54, 1.807) is 7.11 Å². The third-order valence-electron chi connectivity index (χ3n) is 4.17. The summed E-state index contributed by atoms with van der Waals surface area (Å²) in [5.41, 5.74) is 0.901. The Morgan fingerprint density at radius 2 is 2.09 bits per heavy atom. The van der Waals surface area contributed by atoms with Crippen molar-refractivity contribution in [2.75, 3.05) is 25.5 Å². The smallest absolute Gasteiger partial charge is 0.209 e. The van der Waals surface area contributed by atoms with Gasteiger partial charge in [0.2, 0.25) is 5.13 Å². The minimum atomic E-state index is 0.773. The molecule has 3 rings (SSSR count). The molecule has 1 aromatic heterocycles. The summed E-state index contributed by atoms with van der Waals surface area (Å²) in [6, 6.07) is 7.81. The molecule has 1 N–H and O–H groups in total. The molecule has 7 heteroatoms. The van der Waals surface area contributed by atoms with Gasteiger partial charge in [-0.3, -0.25) is 4.90 Å². The summed E-state index contributed by atoms with van der Waals surface area (Å²) in [6.07, 6.45) is 2.51. The van der Waals surface area contributed by atoms with Crippen LogP contribution in [-0.2, 0) is 6.67 Å². The number of nitrogens with zero attached hydrogens (tertiary/aromatic N) is 3. The van der Waals surface area contributed by atoms with Crippen LogP contribution in [0.2, 0.25) is 0 Å². The van der Waals surface area contributed by atoms with Gasteiger partial charge in [0, 0.05) is 13.1 Å². The largest absolute Gasteiger partial charge is 0.495 e. The topological polar surface area (TPSA) is 42.3 Å². The molecule has 0 unspecified atom stereocenters. The van der Waals surface area contributed by atoms with Gasteiger partial charge in [-0.1, -0.05) is 30.4 Å². The lowest BCUT2D eigenvalue weighted by Crippen LogP contribution is -2.34. The Balaban J connectivity index is 1.70. The SMILES string of the molecule is COc1ccccc1Nc1nn(CN2CCC(C)CC2)c(=S)s1. The molecule has 2 aromatic rings. The average Bonchev–Trinajstić information content (AvgIpc) is 2.89. The molecule has 1 aliphatic rings. The number of methoxy groups -OCH3 is 1. The number of anilines is 2. The Labute approximate surface area is 145 Å². The fourth-order valence-corrected chi connectivity index (χ4v) is 3.71. The van der Waals surface area contributed by atoms with Crippen molar-refractivity contribution < 1.29 is 4.74 Å². The summed E-state index contributed by atoms with van der Waals surface area (Å²) in [4.78, 5) is 2.42. The minimum absolute atomic E-state index is 0.773. The Hall–Kier alpha value is -1.44. The first-order valence-electron chi connectivity index (χ1n) is 7.86. The molecule has 0 bridgehead atoms. The van der Waals surface area contributed by atoms with Crippen LogP contribution in [0.5, 0.6) is 5.75 Å². The zero-order valence-electron chi connectivity index (χ0n) is 13.5. The number of hydrogen-bond donors (Lipinski definition) is 1. The van der Waals surface area contributed by atoms with Crippen LogP contribution in [0.1, 0.15) is 19.8 Å². The number of benzene rings is 1. The maximum Gasteiger partial charge on any atom is 0.209 e. The third kappa shape index (κ3) is 4.10. The van der Waals surface area contributed by atoms with Gasteiger partial charge in [-0.25, -0.2) is 4.68 Å². The second kappa shape index (κ2) is 7.42. The van der Waals surface area contributed by atoms with Gasteiger partial charge in [0.1, 0.15) is 5.75 Å². The highest BCUT2D eigenvalue weighted by Gasteiger charge is 2.17. The van der Waals surface area contributed by atoms with Gasteiger partial charge in [-0.05, 0) is 43.1 Å². The van der Waals surface area contributed by atoms with Crippen LogP contribution >= 0.6 is 23.6 Å². The number of hydrogen-bond acceptors (Lipinski definition) is 6. The quantitative estimate of drug-likeness (QED) is 0.822. The van der Waals surface area contributed by atoms with E-state index in [1.165, 1.54) is 24.2 Å². The maximum atomic E-state index is 5.46. The van der Waals surface area contributed by atoms with E-state index in [1.807, 2.05) is 28.9 Å². The first-order chi connectivity index (χ1) is 11.2. The highest BCUT2D eigenvalue weighted by Crippen LogP contribution is 2.28. The van der Waals surface area contributed by atoms with Crippen molar-refractivity contribution in [1.29, 1.82) is 0 Å². The van der Waals surface area contributed by atoms with Crippen molar-refractivity contribution in [3.05, 3.63) is 28.2 Å². The number of piperidine rings is 1. The predicted octanol–water partition coefficient (Wildman–Crippen LogP) is 4.12. The fraction of sp³-hybridized carbons (Fsp3) is 0.500. The number of likely N-dealkylation sites (tertiary alicyclic amines) is 1. The molecular formula is C16H22N4OS2. The normalized spacial score (nSPS) is 16.4. The predicted molar refractivity (Wildman–Crippen MR) is 97.2 cm³/mol.